The van der Waals surface area contributed by atoms with E-state index in [9.17, 15) is 4.79 Å². The summed E-state index contributed by atoms with van der Waals surface area (Å²) < 4.78 is 5.47. The molecule has 1 amide bonds. The first-order valence-corrected chi connectivity index (χ1v) is 8.44. The molecule has 0 bridgehead atoms. The fraction of sp³-hybridized carbons (Fsp3) is 0.500. The van der Waals surface area contributed by atoms with Crippen molar-refractivity contribution in [2.75, 3.05) is 19.8 Å². The van der Waals surface area contributed by atoms with E-state index in [1.807, 2.05) is 29.2 Å². The van der Waals surface area contributed by atoms with E-state index in [4.69, 9.17) is 4.74 Å². The van der Waals surface area contributed by atoms with Crippen molar-refractivity contribution < 1.29 is 9.53 Å². The van der Waals surface area contributed by atoms with Crippen molar-refractivity contribution in [3.63, 3.8) is 0 Å². The van der Waals surface area contributed by atoms with Crippen molar-refractivity contribution >= 4 is 16.7 Å². The third-order valence-corrected chi connectivity index (χ3v) is 5.14. The van der Waals surface area contributed by atoms with Gasteiger partial charge in [0.1, 0.15) is 0 Å². The Morgan fingerprint density at radius 3 is 2.87 bits per heavy atom. The fourth-order valence-electron chi connectivity index (χ4n) is 3.96. The summed E-state index contributed by atoms with van der Waals surface area (Å²) in [5.74, 6) is 0.585. The highest BCUT2D eigenvalue weighted by Crippen LogP contribution is 2.32. The predicted octanol–water partition coefficient (Wildman–Crippen LogP) is 2.66. The average Bonchev–Trinajstić information content (AvgIpc) is 3.11. The van der Waals surface area contributed by atoms with Crippen LogP contribution in [0.3, 0.4) is 0 Å². The van der Waals surface area contributed by atoms with Crippen molar-refractivity contribution in [1.82, 2.24) is 15.1 Å². The summed E-state index contributed by atoms with van der Waals surface area (Å²) in [6.07, 6.45) is 5.98. The standard InChI is InChI=1S/C18H21N3O2/c22-18(17-15-5-2-1-4-14(15)12-19-20-17)21-9-3-6-16(21)13-7-10-23-11-8-13/h1-2,4-5,12-13,16H,3,6-11H2. The first-order chi connectivity index (χ1) is 11.3. The molecule has 1 atom stereocenters. The van der Waals surface area contributed by atoms with E-state index in [-0.39, 0.29) is 5.91 Å². The van der Waals surface area contributed by atoms with Gasteiger partial charge < -0.3 is 9.64 Å². The average molecular weight is 311 g/mol. The Bertz CT molecular complexity index is 707. The minimum atomic E-state index is 0.0308. The van der Waals surface area contributed by atoms with Gasteiger partial charge in [-0.3, -0.25) is 4.79 Å². The van der Waals surface area contributed by atoms with Gasteiger partial charge in [0.05, 0.1) is 6.20 Å². The maximum atomic E-state index is 13.1. The molecular weight excluding hydrogens is 290 g/mol. The number of nitrogens with zero attached hydrogens (tertiary/aromatic N) is 3. The Morgan fingerprint density at radius 2 is 2.00 bits per heavy atom. The lowest BCUT2D eigenvalue weighted by atomic mass is 9.90. The summed E-state index contributed by atoms with van der Waals surface area (Å²) >= 11 is 0. The number of carbonyl (C=O) groups excluding carboxylic acids is 1. The molecule has 5 heteroatoms. The Kier molecular flexibility index (Phi) is 3.95. The van der Waals surface area contributed by atoms with Gasteiger partial charge in [-0.15, -0.1) is 5.10 Å². The number of aromatic nitrogens is 2. The monoisotopic (exact) mass is 311 g/mol. The molecule has 0 spiro atoms. The largest absolute Gasteiger partial charge is 0.381 e. The normalized spacial score (nSPS) is 22.6. The molecule has 2 aromatic rings. The summed E-state index contributed by atoms with van der Waals surface area (Å²) in [4.78, 5) is 15.1. The van der Waals surface area contributed by atoms with E-state index in [0.29, 0.717) is 17.7 Å². The number of benzene rings is 1. The van der Waals surface area contributed by atoms with Crippen LogP contribution in [-0.2, 0) is 4.74 Å². The van der Waals surface area contributed by atoms with Crippen molar-refractivity contribution in [3.05, 3.63) is 36.2 Å². The van der Waals surface area contributed by atoms with Crippen molar-refractivity contribution in [2.45, 2.75) is 31.7 Å². The van der Waals surface area contributed by atoms with Gasteiger partial charge in [0.2, 0.25) is 0 Å². The second kappa shape index (κ2) is 6.24. The Morgan fingerprint density at radius 1 is 1.17 bits per heavy atom. The van der Waals surface area contributed by atoms with E-state index in [1.54, 1.807) is 6.20 Å². The van der Waals surface area contributed by atoms with E-state index >= 15 is 0 Å². The molecule has 1 aromatic heterocycles. The molecule has 2 aliphatic rings. The molecule has 2 saturated heterocycles. The van der Waals surface area contributed by atoms with Crippen LogP contribution in [0.4, 0.5) is 0 Å². The van der Waals surface area contributed by atoms with E-state index in [2.05, 4.69) is 10.2 Å². The number of ether oxygens (including phenoxy) is 1. The summed E-state index contributed by atoms with van der Waals surface area (Å²) in [6, 6.07) is 8.16. The topological polar surface area (TPSA) is 55.3 Å². The molecule has 120 valence electrons. The number of likely N-dealkylation sites (tertiary alicyclic amines) is 1. The molecular formula is C18H21N3O2. The fourth-order valence-corrected chi connectivity index (χ4v) is 3.96. The maximum absolute atomic E-state index is 13.1. The van der Waals surface area contributed by atoms with Crippen LogP contribution < -0.4 is 0 Å². The molecule has 3 heterocycles. The molecule has 1 aromatic carbocycles. The third kappa shape index (κ3) is 2.70. The van der Waals surface area contributed by atoms with Crippen LogP contribution in [0.1, 0.15) is 36.2 Å². The molecule has 0 saturated carbocycles. The lowest BCUT2D eigenvalue weighted by Crippen LogP contribution is -2.42. The molecule has 1 unspecified atom stereocenters. The highest BCUT2D eigenvalue weighted by atomic mass is 16.5. The van der Waals surface area contributed by atoms with Gasteiger partial charge in [-0.1, -0.05) is 24.3 Å². The minimum absolute atomic E-state index is 0.0308. The predicted molar refractivity (Wildman–Crippen MR) is 87.1 cm³/mol. The van der Waals surface area contributed by atoms with Gasteiger partial charge in [0.15, 0.2) is 5.69 Å². The van der Waals surface area contributed by atoms with Crippen molar-refractivity contribution in [1.29, 1.82) is 0 Å². The number of amides is 1. The highest BCUT2D eigenvalue weighted by molar-refractivity contribution is 6.04. The third-order valence-electron chi connectivity index (χ3n) is 5.14. The van der Waals surface area contributed by atoms with Gasteiger partial charge in [-0.2, -0.15) is 5.10 Å². The lowest BCUT2D eigenvalue weighted by Gasteiger charge is -2.33. The van der Waals surface area contributed by atoms with Gasteiger partial charge in [0.25, 0.3) is 5.91 Å². The molecule has 2 fully saturated rings. The summed E-state index contributed by atoms with van der Waals surface area (Å²) in [6.45, 7) is 2.46. The summed E-state index contributed by atoms with van der Waals surface area (Å²) in [5.41, 5.74) is 0.488. The van der Waals surface area contributed by atoms with Crippen LogP contribution in [-0.4, -0.2) is 46.8 Å². The number of carbonyl (C=O) groups is 1. The van der Waals surface area contributed by atoms with Crippen LogP contribution in [0.5, 0.6) is 0 Å². The van der Waals surface area contributed by atoms with Crippen molar-refractivity contribution in [2.24, 2.45) is 5.92 Å². The Balaban J connectivity index is 1.64. The molecule has 23 heavy (non-hydrogen) atoms. The highest BCUT2D eigenvalue weighted by Gasteiger charge is 2.36. The SMILES string of the molecule is O=C(c1nncc2ccccc12)N1CCCC1C1CCOCC1. The second-order valence-electron chi connectivity index (χ2n) is 6.44. The number of hydrogen-bond acceptors (Lipinski definition) is 4. The number of hydrogen-bond donors (Lipinski definition) is 0. The van der Waals surface area contributed by atoms with Crippen LogP contribution >= 0.6 is 0 Å². The minimum Gasteiger partial charge on any atom is -0.381 e. The quantitative estimate of drug-likeness (QED) is 0.855. The van der Waals surface area contributed by atoms with Crippen LogP contribution in [0.15, 0.2) is 30.5 Å². The molecule has 0 radical (unpaired) electrons. The van der Waals surface area contributed by atoms with Gasteiger partial charge in [-0.25, -0.2) is 0 Å². The van der Waals surface area contributed by atoms with Crippen molar-refractivity contribution in [3.8, 4) is 0 Å². The van der Waals surface area contributed by atoms with Crippen LogP contribution in [0, 0.1) is 5.92 Å². The first-order valence-electron chi connectivity index (χ1n) is 8.44. The smallest absolute Gasteiger partial charge is 0.275 e. The summed E-state index contributed by atoms with van der Waals surface area (Å²) in [5, 5.41) is 10.0. The van der Waals surface area contributed by atoms with E-state index < -0.39 is 0 Å². The zero-order valence-electron chi connectivity index (χ0n) is 13.1. The Labute approximate surface area is 135 Å². The molecule has 5 nitrogen and oxygen atoms in total. The molecule has 4 rings (SSSR count). The van der Waals surface area contributed by atoms with Crippen LogP contribution in [0.2, 0.25) is 0 Å². The van der Waals surface area contributed by atoms with Gasteiger partial charge >= 0.3 is 0 Å². The van der Waals surface area contributed by atoms with E-state index in [0.717, 1.165) is 56.2 Å². The molecule has 0 aliphatic carbocycles. The second-order valence-corrected chi connectivity index (χ2v) is 6.44. The zero-order valence-corrected chi connectivity index (χ0v) is 13.1. The number of rotatable bonds is 2. The summed E-state index contributed by atoms with van der Waals surface area (Å²) in [7, 11) is 0. The van der Waals surface area contributed by atoms with E-state index in [1.165, 1.54) is 0 Å². The lowest BCUT2D eigenvalue weighted by molar-refractivity contribution is 0.0321. The molecule has 2 aliphatic heterocycles. The van der Waals surface area contributed by atoms with Gasteiger partial charge in [0, 0.05) is 36.6 Å². The Hall–Kier alpha value is -2.01. The molecule has 0 N–H and O–H groups in total. The first kappa shape index (κ1) is 14.6. The number of fused-ring (bicyclic) bond motifs is 1. The maximum Gasteiger partial charge on any atom is 0.275 e. The zero-order chi connectivity index (χ0) is 15.6. The van der Waals surface area contributed by atoms with Crippen LogP contribution in [0.25, 0.3) is 10.8 Å². The van der Waals surface area contributed by atoms with Gasteiger partial charge in [-0.05, 0) is 31.6 Å².